The van der Waals surface area contributed by atoms with Gasteiger partial charge in [-0.05, 0) is 12.1 Å². The second kappa shape index (κ2) is 6.43. The Balaban J connectivity index is 2.72. The molecule has 0 aliphatic rings. The number of hydrogen-bond donors (Lipinski definition) is 2. The summed E-state index contributed by atoms with van der Waals surface area (Å²) in [5.41, 5.74) is 0.717. The maximum absolute atomic E-state index is 10.9. The molecule has 2 N–H and O–H groups in total. The molecular weight excluding hydrogens is 208 g/mol. The fourth-order valence-electron chi connectivity index (χ4n) is 0.953. The summed E-state index contributed by atoms with van der Waals surface area (Å²) in [7, 11) is 1.28. The molecule has 0 aliphatic heterocycles. The molecule has 16 heavy (non-hydrogen) atoms. The van der Waals surface area contributed by atoms with E-state index in [9.17, 15) is 4.79 Å². The predicted octanol–water partition coefficient (Wildman–Crippen LogP) is 0.994. The number of rotatable bonds is 2. The lowest BCUT2D eigenvalue weighted by molar-refractivity contribution is 0.187. The lowest BCUT2D eigenvalue weighted by atomic mass is 10.2. The molecule has 0 saturated heterocycles. The average Bonchev–Trinajstić information content (AvgIpc) is 2.30. The molecule has 1 aromatic rings. The van der Waals surface area contributed by atoms with Gasteiger partial charge in [0, 0.05) is 18.2 Å². The minimum atomic E-state index is -0.576. The van der Waals surface area contributed by atoms with Crippen LogP contribution in [0.25, 0.3) is 0 Å². The van der Waals surface area contributed by atoms with Crippen molar-refractivity contribution in [2.45, 2.75) is 6.42 Å². The van der Waals surface area contributed by atoms with E-state index in [2.05, 4.69) is 26.9 Å². The third kappa shape index (κ3) is 3.98. The quantitative estimate of drug-likeness (QED) is 0.729. The Bertz CT molecular complexity index is 421. The topological polar surface area (TPSA) is 71.5 Å². The monoisotopic (exact) mass is 220 g/mol. The van der Waals surface area contributed by atoms with Crippen molar-refractivity contribution in [3.63, 3.8) is 0 Å². The SMILES string of the molecule is COC(=O)Nc1cc(C#CCCO)ccn1. The van der Waals surface area contributed by atoms with Crippen LogP contribution < -0.4 is 5.32 Å². The predicted molar refractivity (Wildman–Crippen MR) is 58.8 cm³/mol. The fraction of sp³-hybridized carbons (Fsp3) is 0.273. The maximum Gasteiger partial charge on any atom is 0.412 e. The number of hydrogen-bond acceptors (Lipinski definition) is 4. The first kappa shape index (κ1) is 12.0. The highest BCUT2D eigenvalue weighted by molar-refractivity contribution is 5.83. The van der Waals surface area contributed by atoms with Gasteiger partial charge in [-0.25, -0.2) is 9.78 Å². The number of pyridine rings is 1. The number of carbonyl (C=O) groups is 1. The molecule has 0 radical (unpaired) electrons. The Morgan fingerprint density at radius 2 is 2.50 bits per heavy atom. The second-order valence-corrected chi connectivity index (χ2v) is 2.82. The molecule has 0 spiro atoms. The number of nitrogens with zero attached hydrogens (tertiary/aromatic N) is 1. The summed E-state index contributed by atoms with van der Waals surface area (Å²) in [6.07, 6.45) is 1.38. The summed E-state index contributed by atoms with van der Waals surface area (Å²) in [4.78, 5) is 14.8. The van der Waals surface area contributed by atoms with Crippen molar-refractivity contribution >= 4 is 11.9 Å². The Hall–Kier alpha value is -2.06. The van der Waals surface area contributed by atoms with Gasteiger partial charge in [0.15, 0.2) is 0 Å². The molecule has 1 heterocycles. The molecule has 0 aliphatic carbocycles. The highest BCUT2D eigenvalue weighted by Crippen LogP contribution is 2.05. The summed E-state index contributed by atoms with van der Waals surface area (Å²) in [6.45, 7) is 0.0331. The molecule has 0 saturated carbocycles. The Morgan fingerprint density at radius 3 is 3.19 bits per heavy atom. The third-order valence-corrected chi connectivity index (χ3v) is 1.64. The van der Waals surface area contributed by atoms with Crippen LogP contribution in [-0.4, -0.2) is 29.9 Å². The average molecular weight is 220 g/mol. The lowest BCUT2D eigenvalue weighted by Crippen LogP contribution is -2.11. The van der Waals surface area contributed by atoms with E-state index in [1.54, 1.807) is 12.1 Å². The first-order valence-corrected chi connectivity index (χ1v) is 4.67. The van der Waals surface area contributed by atoms with Gasteiger partial charge in [0.2, 0.25) is 0 Å². The van der Waals surface area contributed by atoms with Crippen molar-refractivity contribution in [2.75, 3.05) is 19.0 Å². The van der Waals surface area contributed by atoms with Gasteiger partial charge in [-0.15, -0.1) is 0 Å². The Kier molecular flexibility index (Phi) is 4.83. The fourth-order valence-corrected chi connectivity index (χ4v) is 0.953. The zero-order valence-electron chi connectivity index (χ0n) is 8.86. The van der Waals surface area contributed by atoms with Crippen molar-refractivity contribution in [3.8, 4) is 11.8 Å². The minimum absolute atomic E-state index is 0.0331. The summed E-state index contributed by atoms with van der Waals surface area (Å²) in [5, 5.41) is 11.0. The Labute approximate surface area is 93.5 Å². The van der Waals surface area contributed by atoms with Crippen molar-refractivity contribution in [3.05, 3.63) is 23.9 Å². The number of ether oxygens (including phenoxy) is 1. The molecule has 0 fully saturated rings. The molecule has 1 rings (SSSR count). The number of methoxy groups -OCH3 is 1. The molecule has 0 unspecified atom stereocenters. The van der Waals surface area contributed by atoms with Crippen LogP contribution in [0.1, 0.15) is 12.0 Å². The van der Waals surface area contributed by atoms with Crippen molar-refractivity contribution in [2.24, 2.45) is 0 Å². The minimum Gasteiger partial charge on any atom is -0.453 e. The molecule has 5 heteroatoms. The van der Waals surface area contributed by atoms with Crippen LogP contribution >= 0.6 is 0 Å². The second-order valence-electron chi connectivity index (χ2n) is 2.82. The number of amides is 1. The van der Waals surface area contributed by atoms with Gasteiger partial charge in [-0.2, -0.15) is 0 Å². The van der Waals surface area contributed by atoms with E-state index in [4.69, 9.17) is 5.11 Å². The van der Waals surface area contributed by atoms with E-state index in [-0.39, 0.29) is 6.61 Å². The van der Waals surface area contributed by atoms with Crippen LogP contribution in [0.5, 0.6) is 0 Å². The van der Waals surface area contributed by atoms with Crippen LogP contribution in [0.2, 0.25) is 0 Å². The number of nitrogens with one attached hydrogen (secondary N) is 1. The summed E-state index contributed by atoms with van der Waals surface area (Å²) >= 11 is 0. The number of aliphatic hydroxyl groups is 1. The van der Waals surface area contributed by atoms with Gasteiger partial charge in [0.1, 0.15) is 5.82 Å². The standard InChI is InChI=1S/C11H12N2O3/c1-16-11(15)13-10-8-9(5-6-12-10)4-2-3-7-14/h5-6,8,14H,3,7H2,1H3,(H,12,13,15). The van der Waals surface area contributed by atoms with Crippen molar-refractivity contribution in [1.29, 1.82) is 0 Å². The van der Waals surface area contributed by atoms with Gasteiger partial charge in [0.25, 0.3) is 0 Å². The smallest absolute Gasteiger partial charge is 0.412 e. The van der Waals surface area contributed by atoms with Crippen LogP contribution in [0.15, 0.2) is 18.3 Å². The zero-order chi connectivity index (χ0) is 11.8. The van der Waals surface area contributed by atoms with E-state index in [1.807, 2.05) is 0 Å². The highest BCUT2D eigenvalue weighted by Gasteiger charge is 2.01. The largest absolute Gasteiger partial charge is 0.453 e. The normalized spacial score (nSPS) is 8.88. The van der Waals surface area contributed by atoms with E-state index in [0.717, 1.165) is 5.56 Å². The molecule has 0 atom stereocenters. The lowest BCUT2D eigenvalue weighted by Gasteiger charge is -2.01. The summed E-state index contributed by atoms with van der Waals surface area (Å²) in [5.74, 6) is 5.99. The van der Waals surface area contributed by atoms with E-state index in [0.29, 0.717) is 12.2 Å². The number of anilines is 1. The molecule has 5 nitrogen and oxygen atoms in total. The molecular formula is C11H12N2O3. The molecule has 1 aromatic heterocycles. The van der Waals surface area contributed by atoms with Gasteiger partial charge in [-0.1, -0.05) is 11.8 Å². The summed E-state index contributed by atoms with van der Waals surface area (Å²) < 4.78 is 4.43. The van der Waals surface area contributed by atoms with Crippen LogP contribution in [0, 0.1) is 11.8 Å². The van der Waals surface area contributed by atoms with Crippen LogP contribution in [0.4, 0.5) is 10.6 Å². The highest BCUT2D eigenvalue weighted by atomic mass is 16.5. The van der Waals surface area contributed by atoms with Gasteiger partial charge in [-0.3, -0.25) is 5.32 Å². The number of aliphatic hydroxyl groups excluding tert-OH is 1. The third-order valence-electron chi connectivity index (χ3n) is 1.64. The first-order valence-electron chi connectivity index (χ1n) is 4.67. The van der Waals surface area contributed by atoms with E-state index < -0.39 is 6.09 Å². The van der Waals surface area contributed by atoms with Crippen molar-refractivity contribution < 1.29 is 14.6 Å². The first-order chi connectivity index (χ1) is 7.76. The molecule has 0 aromatic carbocycles. The molecule has 0 bridgehead atoms. The Morgan fingerprint density at radius 1 is 1.69 bits per heavy atom. The number of aromatic nitrogens is 1. The zero-order valence-corrected chi connectivity index (χ0v) is 8.86. The van der Waals surface area contributed by atoms with E-state index in [1.165, 1.54) is 13.3 Å². The van der Waals surface area contributed by atoms with Crippen LogP contribution in [0.3, 0.4) is 0 Å². The van der Waals surface area contributed by atoms with Gasteiger partial charge >= 0.3 is 6.09 Å². The van der Waals surface area contributed by atoms with Gasteiger partial charge in [0.05, 0.1) is 13.7 Å². The van der Waals surface area contributed by atoms with Crippen LogP contribution in [-0.2, 0) is 4.74 Å². The van der Waals surface area contributed by atoms with Gasteiger partial charge < -0.3 is 9.84 Å². The summed E-state index contributed by atoms with van der Waals surface area (Å²) in [6, 6.07) is 3.34. The molecule has 1 amide bonds. The number of carbonyl (C=O) groups excluding carboxylic acids is 1. The molecule has 84 valence electrons. The maximum atomic E-state index is 10.9. The van der Waals surface area contributed by atoms with E-state index >= 15 is 0 Å². The van der Waals surface area contributed by atoms with Crippen molar-refractivity contribution in [1.82, 2.24) is 4.98 Å².